The van der Waals surface area contributed by atoms with Crippen molar-refractivity contribution in [1.82, 2.24) is 19.9 Å². The van der Waals surface area contributed by atoms with E-state index in [2.05, 4.69) is 25.3 Å². The number of hydrogen-bond acceptors (Lipinski definition) is 9. The Bertz CT molecular complexity index is 1570. The van der Waals surface area contributed by atoms with Crippen molar-refractivity contribution >= 4 is 46.6 Å². The number of halogens is 1. The molecule has 0 bridgehead atoms. The number of anilines is 1. The molecule has 2 aromatic heterocycles. The van der Waals surface area contributed by atoms with E-state index in [0.29, 0.717) is 22.5 Å². The minimum Gasteiger partial charge on any atom is -0.459 e. The van der Waals surface area contributed by atoms with Crippen LogP contribution >= 0.6 is 11.6 Å². The number of benzene rings is 2. The standard InChI is InChI=1S/C28H26ClN5O6/c1-14-4-8-17(9-5-14)26(36)38-13-21-19(40-27(37)18-10-6-15(2)7-11-18)12-20(39-21)24-31-22-23(29)32-28(30-16(3)35)34-25(22)33-24/h4-11,19-21H,12-13H2,1-3H3,(H2,30,31,32,33,34,35)/t19-,20?,21+/m0/s1. The van der Waals surface area contributed by atoms with Gasteiger partial charge in [-0.05, 0) is 38.1 Å². The molecular weight excluding hydrogens is 538 g/mol. The van der Waals surface area contributed by atoms with Crippen LogP contribution in [0, 0.1) is 13.8 Å². The van der Waals surface area contributed by atoms with Crippen molar-refractivity contribution in [1.29, 1.82) is 0 Å². The van der Waals surface area contributed by atoms with Gasteiger partial charge in [0.25, 0.3) is 0 Å². The van der Waals surface area contributed by atoms with Crippen LogP contribution in [0.15, 0.2) is 48.5 Å². The van der Waals surface area contributed by atoms with Gasteiger partial charge in [0.05, 0.1) is 11.1 Å². The smallest absolute Gasteiger partial charge is 0.338 e. The third-order valence-corrected chi connectivity index (χ3v) is 6.60. The number of aromatic amines is 1. The lowest BCUT2D eigenvalue weighted by molar-refractivity contribution is -0.114. The van der Waals surface area contributed by atoms with Crippen LogP contribution in [0.2, 0.25) is 5.15 Å². The van der Waals surface area contributed by atoms with E-state index in [4.69, 9.17) is 25.8 Å². The Morgan fingerprint density at radius 2 is 1.60 bits per heavy atom. The van der Waals surface area contributed by atoms with Crippen molar-refractivity contribution in [2.24, 2.45) is 0 Å². The first-order chi connectivity index (χ1) is 19.2. The van der Waals surface area contributed by atoms with Crippen molar-refractivity contribution in [3.05, 3.63) is 81.8 Å². The molecule has 1 unspecified atom stereocenters. The Morgan fingerprint density at radius 1 is 0.975 bits per heavy atom. The lowest BCUT2D eigenvalue weighted by atomic mass is 10.1. The van der Waals surface area contributed by atoms with Crippen molar-refractivity contribution in [3.63, 3.8) is 0 Å². The summed E-state index contributed by atoms with van der Waals surface area (Å²) in [6, 6.07) is 14.0. The van der Waals surface area contributed by atoms with Gasteiger partial charge in [0, 0.05) is 13.3 Å². The predicted molar refractivity (Wildman–Crippen MR) is 145 cm³/mol. The van der Waals surface area contributed by atoms with E-state index in [-0.39, 0.29) is 35.7 Å². The first kappa shape index (κ1) is 27.2. The Morgan fingerprint density at radius 3 is 2.23 bits per heavy atom. The second-order valence-electron chi connectivity index (χ2n) is 9.51. The molecule has 1 amide bonds. The summed E-state index contributed by atoms with van der Waals surface area (Å²) < 4.78 is 17.5. The van der Waals surface area contributed by atoms with Crippen LogP contribution in [0.3, 0.4) is 0 Å². The fraction of sp³-hybridized carbons (Fsp3) is 0.286. The molecule has 0 aliphatic carbocycles. The van der Waals surface area contributed by atoms with Gasteiger partial charge in [-0.25, -0.2) is 14.6 Å². The van der Waals surface area contributed by atoms with E-state index in [1.54, 1.807) is 24.3 Å². The van der Waals surface area contributed by atoms with Crippen molar-refractivity contribution in [3.8, 4) is 0 Å². The maximum atomic E-state index is 12.9. The highest BCUT2D eigenvalue weighted by Crippen LogP contribution is 2.35. The van der Waals surface area contributed by atoms with Crippen molar-refractivity contribution < 1.29 is 28.6 Å². The van der Waals surface area contributed by atoms with Gasteiger partial charge in [-0.15, -0.1) is 0 Å². The van der Waals surface area contributed by atoms with E-state index in [0.717, 1.165) is 11.1 Å². The fourth-order valence-electron chi connectivity index (χ4n) is 4.24. The zero-order valence-electron chi connectivity index (χ0n) is 21.9. The maximum Gasteiger partial charge on any atom is 0.338 e. The second kappa shape index (κ2) is 11.4. The summed E-state index contributed by atoms with van der Waals surface area (Å²) in [7, 11) is 0. The number of aryl methyl sites for hydroxylation is 2. The van der Waals surface area contributed by atoms with Crippen LogP contribution in [0.5, 0.6) is 0 Å². The number of rotatable bonds is 7. The van der Waals surface area contributed by atoms with E-state index in [9.17, 15) is 14.4 Å². The van der Waals surface area contributed by atoms with E-state index >= 15 is 0 Å². The van der Waals surface area contributed by atoms with Gasteiger partial charge in [-0.2, -0.15) is 9.97 Å². The number of carbonyl (C=O) groups excluding carboxylic acids is 3. The summed E-state index contributed by atoms with van der Waals surface area (Å²) in [4.78, 5) is 52.8. The highest BCUT2D eigenvalue weighted by molar-refractivity contribution is 6.33. The van der Waals surface area contributed by atoms with Gasteiger partial charge in [0.2, 0.25) is 11.9 Å². The Balaban J connectivity index is 1.36. The number of fused-ring (bicyclic) bond motifs is 1. The summed E-state index contributed by atoms with van der Waals surface area (Å²) in [6.45, 7) is 5.02. The average Bonchev–Trinajstić information content (AvgIpc) is 3.52. The van der Waals surface area contributed by atoms with E-state index < -0.39 is 30.3 Å². The summed E-state index contributed by atoms with van der Waals surface area (Å²) in [5.74, 6) is -1.02. The summed E-state index contributed by atoms with van der Waals surface area (Å²) in [6.07, 6.45) is -1.94. The van der Waals surface area contributed by atoms with Gasteiger partial charge in [-0.1, -0.05) is 47.0 Å². The number of nitrogens with zero attached hydrogens (tertiary/aromatic N) is 3. The molecule has 1 aliphatic rings. The first-order valence-corrected chi connectivity index (χ1v) is 12.9. The third-order valence-electron chi connectivity index (χ3n) is 6.33. The van der Waals surface area contributed by atoms with Gasteiger partial charge < -0.3 is 19.2 Å². The molecule has 1 saturated heterocycles. The number of aromatic nitrogens is 4. The molecule has 3 atom stereocenters. The number of H-pyrrole nitrogens is 1. The van der Waals surface area contributed by atoms with Crippen LogP contribution in [0.25, 0.3) is 11.2 Å². The summed E-state index contributed by atoms with van der Waals surface area (Å²) in [5, 5.41) is 2.54. The number of ether oxygens (including phenoxy) is 3. The SMILES string of the molecule is CC(=O)Nc1nc(Cl)c2[nH]c(C3C[C@H](OC(=O)c4ccc(C)cc4)[C@@H](COC(=O)c4ccc(C)cc4)O3)nc2n1. The fourth-order valence-corrected chi connectivity index (χ4v) is 4.45. The summed E-state index contributed by atoms with van der Waals surface area (Å²) >= 11 is 6.28. The molecule has 1 aliphatic heterocycles. The first-order valence-electron chi connectivity index (χ1n) is 12.5. The number of esters is 2. The van der Waals surface area contributed by atoms with Gasteiger partial charge >= 0.3 is 11.9 Å². The minimum absolute atomic E-state index is 0.0150. The number of nitrogens with one attached hydrogen (secondary N) is 2. The monoisotopic (exact) mass is 563 g/mol. The van der Waals surface area contributed by atoms with Crippen LogP contribution in [0.4, 0.5) is 5.95 Å². The quantitative estimate of drug-likeness (QED) is 0.245. The molecule has 5 rings (SSSR count). The van der Waals surface area contributed by atoms with Crippen LogP contribution in [-0.4, -0.2) is 56.6 Å². The van der Waals surface area contributed by atoms with Crippen LogP contribution in [0.1, 0.15) is 57.1 Å². The lowest BCUT2D eigenvalue weighted by Crippen LogP contribution is -2.32. The van der Waals surface area contributed by atoms with Crippen molar-refractivity contribution in [2.75, 3.05) is 11.9 Å². The third kappa shape index (κ3) is 6.11. The Hall–Kier alpha value is -4.35. The second-order valence-corrected chi connectivity index (χ2v) is 9.87. The average molecular weight is 564 g/mol. The maximum absolute atomic E-state index is 12.9. The zero-order chi connectivity index (χ0) is 28.4. The number of hydrogen-bond donors (Lipinski definition) is 2. The highest BCUT2D eigenvalue weighted by Gasteiger charge is 2.41. The number of imidazole rings is 1. The Labute approximate surface area is 234 Å². The van der Waals surface area contributed by atoms with Gasteiger partial charge in [0.15, 0.2) is 10.8 Å². The minimum atomic E-state index is -0.765. The van der Waals surface area contributed by atoms with E-state index in [1.807, 2.05) is 38.1 Å². The molecule has 11 nitrogen and oxygen atoms in total. The predicted octanol–water partition coefficient (Wildman–Crippen LogP) is 4.49. The number of amides is 1. The number of carbonyl (C=O) groups is 3. The molecular formula is C28H26ClN5O6. The molecule has 3 heterocycles. The van der Waals surface area contributed by atoms with Crippen molar-refractivity contribution in [2.45, 2.75) is 45.5 Å². The van der Waals surface area contributed by atoms with Gasteiger partial charge in [0.1, 0.15) is 36.3 Å². The van der Waals surface area contributed by atoms with Gasteiger partial charge in [-0.3, -0.25) is 10.1 Å². The molecule has 12 heteroatoms. The molecule has 2 N–H and O–H groups in total. The molecule has 0 radical (unpaired) electrons. The zero-order valence-corrected chi connectivity index (χ0v) is 22.7. The lowest BCUT2D eigenvalue weighted by Gasteiger charge is -2.19. The topological polar surface area (TPSA) is 145 Å². The van der Waals surface area contributed by atoms with Crippen LogP contribution in [-0.2, 0) is 19.0 Å². The largest absolute Gasteiger partial charge is 0.459 e. The summed E-state index contributed by atoms with van der Waals surface area (Å²) in [5.41, 5.74) is 3.40. The molecule has 2 aromatic carbocycles. The molecule has 0 spiro atoms. The molecule has 206 valence electrons. The molecule has 0 saturated carbocycles. The normalized spacial score (nSPS) is 18.4. The Kier molecular flexibility index (Phi) is 7.76. The van der Waals surface area contributed by atoms with Crippen LogP contribution < -0.4 is 5.32 Å². The molecule has 4 aromatic rings. The van der Waals surface area contributed by atoms with E-state index in [1.165, 1.54) is 6.92 Å². The highest BCUT2D eigenvalue weighted by atomic mass is 35.5. The molecule has 1 fully saturated rings. The molecule has 40 heavy (non-hydrogen) atoms.